The maximum atomic E-state index is 11.4. The van der Waals surface area contributed by atoms with E-state index >= 15 is 0 Å². The average molecular weight is 252 g/mol. The predicted molar refractivity (Wildman–Crippen MR) is 71.7 cm³/mol. The van der Waals surface area contributed by atoms with Gasteiger partial charge >= 0.3 is 0 Å². The minimum absolute atomic E-state index is 0.459. The van der Waals surface area contributed by atoms with Crippen molar-refractivity contribution in [1.82, 2.24) is 14.4 Å². The monoisotopic (exact) mass is 252 g/mol. The molecule has 0 radical (unpaired) electrons. The van der Waals surface area contributed by atoms with Crippen molar-refractivity contribution in [2.24, 2.45) is 5.73 Å². The topological polar surface area (TPSA) is 73.3 Å². The molecular formula is C14H12N4O. The van der Waals surface area contributed by atoms with Crippen molar-refractivity contribution in [2.75, 3.05) is 0 Å². The van der Waals surface area contributed by atoms with Crippen LogP contribution in [-0.2, 0) is 0 Å². The van der Waals surface area contributed by atoms with E-state index in [-0.39, 0.29) is 0 Å². The maximum absolute atomic E-state index is 11.4. The molecule has 2 heterocycles. The summed E-state index contributed by atoms with van der Waals surface area (Å²) in [6, 6.07) is 7.16. The normalized spacial score (nSPS) is 10.8. The first-order valence-electron chi connectivity index (χ1n) is 5.86. The van der Waals surface area contributed by atoms with Crippen LogP contribution in [0.5, 0.6) is 0 Å². The Hall–Kier alpha value is -2.69. The summed E-state index contributed by atoms with van der Waals surface area (Å²) < 4.78 is 1.88. The molecule has 19 heavy (non-hydrogen) atoms. The van der Waals surface area contributed by atoms with Crippen molar-refractivity contribution in [3.05, 3.63) is 54.1 Å². The number of benzene rings is 1. The van der Waals surface area contributed by atoms with Gasteiger partial charge in [0.05, 0.1) is 17.6 Å². The molecule has 0 spiro atoms. The summed E-state index contributed by atoms with van der Waals surface area (Å²) >= 11 is 0. The maximum Gasteiger partial charge on any atom is 0.249 e. The second-order valence-electron chi connectivity index (χ2n) is 4.33. The minimum atomic E-state index is -0.459. The van der Waals surface area contributed by atoms with Crippen LogP contribution in [0.1, 0.15) is 16.1 Å². The molecule has 2 N–H and O–H groups in total. The number of nitrogens with zero attached hydrogens (tertiary/aromatic N) is 3. The van der Waals surface area contributed by atoms with Crippen molar-refractivity contribution in [2.45, 2.75) is 6.92 Å². The Morgan fingerprint density at radius 2 is 2.05 bits per heavy atom. The molecular weight excluding hydrogens is 240 g/mol. The zero-order valence-corrected chi connectivity index (χ0v) is 10.4. The molecule has 0 saturated heterocycles. The number of aromatic nitrogens is 3. The van der Waals surface area contributed by atoms with Crippen LogP contribution in [0.2, 0.25) is 0 Å². The Labute approximate surface area is 109 Å². The van der Waals surface area contributed by atoms with Crippen LogP contribution in [0.4, 0.5) is 0 Å². The van der Waals surface area contributed by atoms with Gasteiger partial charge < -0.3 is 10.1 Å². The summed E-state index contributed by atoms with van der Waals surface area (Å²) in [5, 5.41) is 0. The van der Waals surface area contributed by atoms with Crippen LogP contribution in [0.25, 0.3) is 16.9 Å². The van der Waals surface area contributed by atoms with E-state index in [0.717, 1.165) is 16.9 Å². The zero-order chi connectivity index (χ0) is 13.4. The Balaban J connectivity index is 2.21. The highest BCUT2D eigenvalue weighted by Crippen LogP contribution is 2.21. The van der Waals surface area contributed by atoms with E-state index in [1.54, 1.807) is 18.3 Å². The quantitative estimate of drug-likeness (QED) is 0.755. The molecule has 3 rings (SSSR count). The summed E-state index contributed by atoms with van der Waals surface area (Å²) in [5.74, 6) is -0.459. The molecule has 0 unspecified atom stereocenters. The lowest BCUT2D eigenvalue weighted by Crippen LogP contribution is -2.12. The fourth-order valence-electron chi connectivity index (χ4n) is 2.09. The number of nitrogens with two attached hydrogens (primary N) is 1. The van der Waals surface area contributed by atoms with Gasteiger partial charge in [0.15, 0.2) is 5.65 Å². The standard InChI is InChI=1S/C14H12N4O/c1-9-7-18-8-12(16-6-13(18)17-9)10-4-2-3-5-11(10)14(15)19/h2-8H,1H3,(H2,15,19). The lowest BCUT2D eigenvalue weighted by Gasteiger charge is -2.06. The molecule has 0 aliphatic heterocycles. The molecule has 3 aromatic rings. The van der Waals surface area contributed by atoms with Crippen LogP contribution >= 0.6 is 0 Å². The highest BCUT2D eigenvalue weighted by molar-refractivity contribution is 5.99. The molecule has 94 valence electrons. The molecule has 2 aromatic heterocycles. The number of hydrogen-bond acceptors (Lipinski definition) is 3. The Kier molecular flexibility index (Phi) is 2.52. The Morgan fingerprint density at radius 3 is 2.84 bits per heavy atom. The fraction of sp³-hybridized carbons (Fsp3) is 0.0714. The molecule has 0 atom stereocenters. The second kappa shape index (κ2) is 4.20. The molecule has 0 saturated carbocycles. The summed E-state index contributed by atoms with van der Waals surface area (Å²) in [4.78, 5) is 20.1. The van der Waals surface area contributed by atoms with Gasteiger partial charge in [0.1, 0.15) is 0 Å². The second-order valence-corrected chi connectivity index (χ2v) is 4.33. The average Bonchev–Trinajstić information content (AvgIpc) is 2.77. The predicted octanol–water partition coefficient (Wildman–Crippen LogP) is 1.80. The van der Waals surface area contributed by atoms with E-state index < -0.39 is 5.91 Å². The number of rotatable bonds is 2. The Bertz CT molecular complexity index is 776. The third-order valence-electron chi connectivity index (χ3n) is 2.93. The van der Waals surface area contributed by atoms with E-state index in [4.69, 9.17) is 5.73 Å². The van der Waals surface area contributed by atoms with E-state index in [1.165, 1.54) is 0 Å². The van der Waals surface area contributed by atoms with Gasteiger partial charge in [-0.3, -0.25) is 9.78 Å². The van der Waals surface area contributed by atoms with E-state index in [9.17, 15) is 4.79 Å². The van der Waals surface area contributed by atoms with Gasteiger partial charge in [-0.05, 0) is 13.0 Å². The lowest BCUT2D eigenvalue weighted by molar-refractivity contribution is 0.100. The van der Waals surface area contributed by atoms with Gasteiger partial charge in [-0.1, -0.05) is 18.2 Å². The van der Waals surface area contributed by atoms with Gasteiger partial charge in [0, 0.05) is 23.5 Å². The number of primary amides is 1. The third kappa shape index (κ3) is 1.95. The Morgan fingerprint density at radius 1 is 1.26 bits per heavy atom. The van der Waals surface area contributed by atoms with Crippen LogP contribution in [-0.4, -0.2) is 20.3 Å². The lowest BCUT2D eigenvalue weighted by atomic mass is 10.0. The molecule has 1 aromatic carbocycles. The molecule has 0 bridgehead atoms. The van der Waals surface area contributed by atoms with Crippen molar-refractivity contribution in [3.63, 3.8) is 0 Å². The van der Waals surface area contributed by atoms with Gasteiger partial charge in [-0.25, -0.2) is 4.98 Å². The SMILES string of the molecule is Cc1cn2cc(-c3ccccc3C(N)=O)ncc2n1. The van der Waals surface area contributed by atoms with E-state index in [1.807, 2.05) is 35.9 Å². The smallest absolute Gasteiger partial charge is 0.249 e. The van der Waals surface area contributed by atoms with Crippen LogP contribution < -0.4 is 5.73 Å². The number of carbonyl (C=O) groups is 1. The van der Waals surface area contributed by atoms with Gasteiger partial charge in [0.25, 0.3) is 0 Å². The number of amides is 1. The molecule has 0 fully saturated rings. The minimum Gasteiger partial charge on any atom is -0.366 e. The van der Waals surface area contributed by atoms with Crippen molar-refractivity contribution < 1.29 is 4.79 Å². The van der Waals surface area contributed by atoms with Crippen LogP contribution in [0.3, 0.4) is 0 Å². The molecule has 1 amide bonds. The molecule has 5 heteroatoms. The van der Waals surface area contributed by atoms with E-state index in [2.05, 4.69) is 9.97 Å². The molecule has 5 nitrogen and oxygen atoms in total. The summed E-state index contributed by atoms with van der Waals surface area (Å²) in [7, 11) is 0. The summed E-state index contributed by atoms with van der Waals surface area (Å²) in [6.45, 7) is 1.92. The first-order valence-corrected chi connectivity index (χ1v) is 5.86. The van der Waals surface area contributed by atoms with Crippen LogP contribution in [0, 0.1) is 6.92 Å². The zero-order valence-electron chi connectivity index (χ0n) is 10.4. The number of fused-ring (bicyclic) bond motifs is 1. The summed E-state index contributed by atoms with van der Waals surface area (Å²) in [5.41, 5.74) is 8.96. The number of carbonyl (C=O) groups excluding carboxylic acids is 1. The number of hydrogen-bond donors (Lipinski definition) is 1. The van der Waals surface area contributed by atoms with E-state index in [0.29, 0.717) is 11.3 Å². The van der Waals surface area contributed by atoms with Crippen LogP contribution in [0.15, 0.2) is 42.9 Å². The highest BCUT2D eigenvalue weighted by Gasteiger charge is 2.11. The van der Waals surface area contributed by atoms with Crippen molar-refractivity contribution >= 4 is 11.6 Å². The van der Waals surface area contributed by atoms with Gasteiger partial charge in [0.2, 0.25) is 5.91 Å². The molecule has 0 aliphatic rings. The fourth-order valence-corrected chi connectivity index (χ4v) is 2.09. The molecule has 0 aliphatic carbocycles. The highest BCUT2D eigenvalue weighted by atomic mass is 16.1. The number of aryl methyl sites for hydroxylation is 1. The summed E-state index contributed by atoms with van der Waals surface area (Å²) in [6.07, 6.45) is 5.44. The van der Waals surface area contributed by atoms with Crippen molar-refractivity contribution in [3.8, 4) is 11.3 Å². The van der Waals surface area contributed by atoms with Gasteiger partial charge in [-0.2, -0.15) is 0 Å². The first-order chi connectivity index (χ1) is 9.15. The largest absolute Gasteiger partial charge is 0.366 e. The first kappa shape index (κ1) is 11.4. The third-order valence-corrected chi connectivity index (χ3v) is 2.93. The van der Waals surface area contributed by atoms with Gasteiger partial charge in [-0.15, -0.1) is 0 Å². The number of imidazole rings is 1. The van der Waals surface area contributed by atoms with Crippen molar-refractivity contribution in [1.29, 1.82) is 0 Å².